The molecule has 2 atom stereocenters. The summed E-state index contributed by atoms with van der Waals surface area (Å²) in [5.74, 6) is 6.07. The standard InChI is InChI=1S/C9H22N2O/c1-5-12-8(4)9(11-10)6-7(2)3/h7-9,11H,5-6,10H2,1-4H3. The van der Waals surface area contributed by atoms with Crippen LogP contribution in [0, 0.1) is 5.92 Å². The molecule has 0 heterocycles. The minimum atomic E-state index is 0.197. The average Bonchev–Trinajstić information content (AvgIpc) is 2.00. The lowest BCUT2D eigenvalue weighted by molar-refractivity contribution is 0.0418. The molecule has 0 aliphatic rings. The van der Waals surface area contributed by atoms with E-state index in [-0.39, 0.29) is 12.1 Å². The first-order chi connectivity index (χ1) is 5.61. The summed E-state index contributed by atoms with van der Waals surface area (Å²) in [6.45, 7) is 9.17. The molecular formula is C9H22N2O. The van der Waals surface area contributed by atoms with Crippen LogP contribution >= 0.6 is 0 Å². The van der Waals surface area contributed by atoms with Crippen molar-refractivity contribution in [3.05, 3.63) is 0 Å². The topological polar surface area (TPSA) is 47.3 Å². The van der Waals surface area contributed by atoms with Crippen molar-refractivity contribution >= 4 is 0 Å². The first-order valence-electron chi connectivity index (χ1n) is 4.69. The van der Waals surface area contributed by atoms with Gasteiger partial charge in [-0.3, -0.25) is 11.3 Å². The number of hydrazine groups is 1. The van der Waals surface area contributed by atoms with E-state index in [0.29, 0.717) is 5.92 Å². The highest BCUT2D eigenvalue weighted by Gasteiger charge is 2.16. The SMILES string of the molecule is CCOC(C)C(CC(C)C)NN. The maximum atomic E-state index is 5.45. The first-order valence-corrected chi connectivity index (χ1v) is 4.69. The van der Waals surface area contributed by atoms with Gasteiger partial charge < -0.3 is 4.74 Å². The van der Waals surface area contributed by atoms with Crippen LogP contribution in [0.3, 0.4) is 0 Å². The van der Waals surface area contributed by atoms with Crippen molar-refractivity contribution in [3.63, 3.8) is 0 Å². The normalized spacial score (nSPS) is 16.5. The third kappa shape index (κ3) is 4.70. The molecular weight excluding hydrogens is 152 g/mol. The van der Waals surface area contributed by atoms with Gasteiger partial charge in [-0.15, -0.1) is 0 Å². The van der Waals surface area contributed by atoms with E-state index in [1.165, 1.54) is 0 Å². The summed E-state index contributed by atoms with van der Waals surface area (Å²) in [5, 5.41) is 0. The van der Waals surface area contributed by atoms with Gasteiger partial charge in [-0.25, -0.2) is 0 Å². The van der Waals surface area contributed by atoms with Gasteiger partial charge in [0.1, 0.15) is 0 Å². The smallest absolute Gasteiger partial charge is 0.0713 e. The Morgan fingerprint density at radius 2 is 1.92 bits per heavy atom. The maximum absolute atomic E-state index is 5.45. The molecule has 0 aliphatic carbocycles. The van der Waals surface area contributed by atoms with Crippen LogP contribution in [-0.2, 0) is 4.74 Å². The molecule has 0 spiro atoms. The molecule has 0 amide bonds. The first kappa shape index (κ1) is 11.9. The molecule has 3 nitrogen and oxygen atoms in total. The summed E-state index contributed by atoms with van der Waals surface area (Å²) in [5.41, 5.74) is 2.79. The second-order valence-corrected chi connectivity index (χ2v) is 3.56. The van der Waals surface area contributed by atoms with Crippen LogP contribution in [0.1, 0.15) is 34.1 Å². The van der Waals surface area contributed by atoms with E-state index in [2.05, 4.69) is 26.2 Å². The third-order valence-electron chi connectivity index (χ3n) is 1.94. The van der Waals surface area contributed by atoms with Gasteiger partial charge in [0, 0.05) is 12.6 Å². The van der Waals surface area contributed by atoms with Crippen LogP contribution in [0.25, 0.3) is 0 Å². The Balaban J connectivity index is 3.78. The molecule has 0 saturated carbocycles. The van der Waals surface area contributed by atoms with Gasteiger partial charge in [-0.1, -0.05) is 13.8 Å². The molecule has 0 saturated heterocycles. The number of ether oxygens (including phenoxy) is 1. The number of nitrogens with two attached hydrogens (primary N) is 1. The van der Waals surface area contributed by atoms with Gasteiger partial charge in [-0.05, 0) is 26.2 Å². The van der Waals surface area contributed by atoms with Crippen LogP contribution < -0.4 is 11.3 Å². The van der Waals surface area contributed by atoms with Gasteiger partial charge in [0.05, 0.1) is 6.10 Å². The van der Waals surface area contributed by atoms with Crippen molar-refractivity contribution in [1.29, 1.82) is 0 Å². The minimum absolute atomic E-state index is 0.197. The molecule has 0 aromatic rings. The molecule has 2 unspecified atom stereocenters. The van der Waals surface area contributed by atoms with Gasteiger partial charge in [0.25, 0.3) is 0 Å². The van der Waals surface area contributed by atoms with E-state index in [1.54, 1.807) is 0 Å². The van der Waals surface area contributed by atoms with E-state index >= 15 is 0 Å². The Labute approximate surface area is 75.6 Å². The summed E-state index contributed by atoms with van der Waals surface area (Å²) < 4.78 is 5.45. The van der Waals surface area contributed by atoms with Crippen LogP contribution in [0.4, 0.5) is 0 Å². The zero-order valence-corrected chi connectivity index (χ0v) is 8.63. The Hall–Kier alpha value is -0.120. The molecule has 12 heavy (non-hydrogen) atoms. The highest BCUT2D eigenvalue weighted by atomic mass is 16.5. The molecule has 0 aromatic heterocycles. The van der Waals surface area contributed by atoms with E-state index in [0.717, 1.165) is 13.0 Å². The Bertz CT molecular complexity index is 107. The Kier molecular flexibility index (Phi) is 6.34. The fourth-order valence-corrected chi connectivity index (χ4v) is 1.28. The van der Waals surface area contributed by atoms with Gasteiger partial charge in [0.15, 0.2) is 0 Å². The van der Waals surface area contributed by atoms with E-state index in [4.69, 9.17) is 10.6 Å². The van der Waals surface area contributed by atoms with Crippen molar-refractivity contribution in [1.82, 2.24) is 5.43 Å². The van der Waals surface area contributed by atoms with Gasteiger partial charge in [0.2, 0.25) is 0 Å². The van der Waals surface area contributed by atoms with Crippen molar-refractivity contribution in [2.75, 3.05) is 6.61 Å². The van der Waals surface area contributed by atoms with Crippen molar-refractivity contribution in [2.24, 2.45) is 11.8 Å². The van der Waals surface area contributed by atoms with Crippen LogP contribution in [0.15, 0.2) is 0 Å². The number of hydrogen-bond donors (Lipinski definition) is 2. The molecule has 0 rings (SSSR count). The van der Waals surface area contributed by atoms with Crippen LogP contribution in [-0.4, -0.2) is 18.8 Å². The monoisotopic (exact) mass is 174 g/mol. The zero-order valence-electron chi connectivity index (χ0n) is 8.63. The maximum Gasteiger partial charge on any atom is 0.0713 e. The quantitative estimate of drug-likeness (QED) is 0.471. The largest absolute Gasteiger partial charge is 0.377 e. The van der Waals surface area contributed by atoms with E-state index in [9.17, 15) is 0 Å². The molecule has 0 radical (unpaired) electrons. The fraction of sp³-hybridized carbons (Fsp3) is 1.00. The van der Waals surface area contributed by atoms with Gasteiger partial charge in [-0.2, -0.15) is 0 Å². The van der Waals surface area contributed by atoms with Crippen molar-refractivity contribution < 1.29 is 4.74 Å². The summed E-state index contributed by atoms with van der Waals surface area (Å²) >= 11 is 0. The lowest BCUT2D eigenvalue weighted by atomic mass is 10.0. The zero-order chi connectivity index (χ0) is 9.56. The molecule has 74 valence electrons. The van der Waals surface area contributed by atoms with Crippen molar-refractivity contribution in [2.45, 2.75) is 46.3 Å². The second-order valence-electron chi connectivity index (χ2n) is 3.56. The predicted octanol–water partition coefficient (Wildman–Crippen LogP) is 1.29. The molecule has 0 aromatic carbocycles. The van der Waals surface area contributed by atoms with E-state index < -0.39 is 0 Å². The Morgan fingerprint density at radius 1 is 1.33 bits per heavy atom. The highest BCUT2D eigenvalue weighted by Crippen LogP contribution is 2.09. The summed E-state index contributed by atoms with van der Waals surface area (Å²) in [7, 11) is 0. The molecule has 3 N–H and O–H groups in total. The predicted molar refractivity (Wildman–Crippen MR) is 51.7 cm³/mol. The van der Waals surface area contributed by atoms with Crippen LogP contribution in [0.5, 0.6) is 0 Å². The van der Waals surface area contributed by atoms with Gasteiger partial charge >= 0.3 is 0 Å². The lowest BCUT2D eigenvalue weighted by Gasteiger charge is -2.24. The summed E-state index contributed by atoms with van der Waals surface area (Å²) in [4.78, 5) is 0. The van der Waals surface area contributed by atoms with Crippen LogP contribution in [0.2, 0.25) is 0 Å². The third-order valence-corrected chi connectivity index (χ3v) is 1.94. The van der Waals surface area contributed by atoms with E-state index in [1.807, 2.05) is 6.92 Å². The molecule has 0 fully saturated rings. The number of rotatable bonds is 6. The minimum Gasteiger partial charge on any atom is -0.377 e. The Morgan fingerprint density at radius 3 is 2.25 bits per heavy atom. The van der Waals surface area contributed by atoms with Crippen molar-refractivity contribution in [3.8, 4) is 0 Å². The summed E-state index contributed by atoms with van der Waals surface area (Å²) in [6, 6.07) is 0.268. The number of hydrogen-bond acceptors (Lipinski definition) is 3. The lowest BCUT2D eigenvalue weighted by Crippen LogP contribution is -2.44. The summed E-state index contributed by atoms with van der Waals surface area (Å²) in [6.07, 6.45) is 1.25. The molecule has 3 heteroatoms. The number of nitrogens with one attached hydrogen (secondary N) is 1. The average molecular weight is 174 g/mol. The highest BCUT2D eigenvalue weighted by molar-refractivity contribution is 4.72. The fourth-order valence-electron chi connectivity index (χ4n) is 1.28. The molecule has 0 aliphatic heterocycles. The second kappa shape index (κ2) is 6.40. The molecule has 0 bridgehead atoms.